The minimum Gasteiger partial charge on any atom is -0.502 e. The molecule has 6 rings (SSSR count). The van der Waals surface area contributed by atoms with Gasteiger partial charge in [-0.2, -0.15) is 0 Å². The quantitative estimate of drug-likeness (QED) is 0.133. The zero-order chi connectivity index (χ0) is 35.7. The van der Waals surface area contributed by atoms with Crippen LogP contribution in [-0.4, -0.2) is 91.2 Å². The summed E-state index contributed by atoms with van der Waals surface area (Å²) in [4.78, 5) is 14.8. The number of rotatable bonds is 10. The second kappa shape index (κ2) is 14.3. The smallest absolute Gasteiger partial charge is 0.229 e. The summed E-state index contributed by atoms with van der Waals surface area (Å²) >= 11 is 0. The van der Waals surface area contributed by atoms with Crippen LogP contribution >= 0.6 is 0 Å². The molecule has 0 bridgehead atoms. The lowest BCUT2D eigenvalue weighted by molar-refractivity contribution is -0.277. The van der Waals surface area contributed by atoms with E-state index in [0.717, 1.165) is 11.3 Å². The number of methoxy groups -OCH3 is 2. The molecule has 50 heavy (non-hydrogen) atoms. The largest absolute Gasteiger partial charge is 0.502 e. The first-order chi connectivity index (χ1) is 24.0. The fourth-order valence-corrected chi connectivity index (χ4v) is 5.72. The van der Waals surface area contributed by atoms with Crippen molar-refractivity contribution in [1.29, 1.82) is 0 Å². The molecule has 13 heteroatoms. The Bertz CT molecular complexity index is 2090. The summed E-state index contributed by atoms with van der Waals surface area (Å²) in [6, 6.07) is 15.1. The van der Waals surface area contributed by atoms with Gasteiger partial charge in [-0.3, -0.25) is 4.79 Å². The maximum Gasteiger partial charge on any atom is 0.229 e. The van der Waals surface area contributed by atoms with Crippen LogP contribution in [0.3, 0.4) is 0 Å². The first-order valence-corrected chi connectivity index (χ1v) is 15.6. The van der Waals surface area contributed by atoms with E-state index in [0.29, 0.717) is 16.5 Å². The molecule has 2 aromatic heterocycles. The van der Waals surface area contributed by atoms with Crippen LogP contribution in [0.2, 0.25) is 0 Å². The van der Waals surface area contributed by atoms with Crippen LogP contribution in [0.15, 0.2) is 80.4 Å². The average Bonchev–Trinajstić information content (AvgIpc) is 3.11. The normalized spacial score (nSPS) is 21.0. The summed E-state index contributed by atoms with van der Waals surface area (Å²) in [5.41, 5.74) is 2.22. The molecule has 0 amide bonds. The van der Waals surface area contributed by atoms with E-state index in [1.54, 1.807) is 18.2 Å². The van der Waals surface area contributed by atoms with Gasteiger partial charge >= 0.3 is 0 Å². The van der Waals surface area contributed by atoms with Crippen molar-refractivity contribution in [3.05, 3.63) is 88.3 Å². The zero-order valence-corrected chi connectivity index (χ0v) is 27.6. The standard InChI is InChI=1S/C37H37NO12/c1-38(2)21-11-9-19(10-12-21)7-5-6-8-23-17-24-30-25(47-23)15-22(40)16-26(30)48-35(20-13-27(45-3)31(41)28(14-20)46-4)36(24)50-37-34(44)33(43)32(42)29(18-39)49-37/h5-17,29,32-34,37,39,41-44H,18H2,1-4H3/b7-5+,8-6+/t29-,32-,33+,34-,37+/m1/s1. The van der Waals surface area contributed by atoms with Crippen LogP contribution in [0.5, 0.6) is 23.0 Å². The highest BCUT2D eigenvalue weighted by atomic mass is 16.7. The Morgan fingerprint density at radius 2 is 1.48 bits per heavy atom. The number of aliphatic hydroxyl groups excluding tert-OH is 4. The number of hydrogen-bond acceptors (Lipinski definition) is 13. The van der Waals surface area contributed by atoms with Gasteiger partial charge in [0.2, 0.25) is 12.0 Å². The van der Waals surface area contributed by atoms with Gasteiger partial charge < -0.3 is 58.2 Å². The van der Waals surface area contributed by atoms with E-state index in [4.69, 9.17) is 27.8 Å². The molecule has 1 aliphatic rings. The Kier molecular flexibility index (Phi) is 9.86. The molecule has 1 aliphatic heterocycles. The molecule has 3 aromatic carbocycles. The molecule has 1 fully saturated rings. The minimum atomic E-state index is -1.75. The molecule has 0 spiro atoms. The summed E-state index contributed by atoms with van der Waals surface area (Å²) in [5, 5.41) is 53.0. The molecule has 0 saturated carbocycles. The minimum absolute atomic E-state index is 0.000145. The first kappa shape index (κ1) is 34.5. The van der Waals surface area contributed by atoms with Gasteiger partial charge in [-0.1, -0.05) is 30.4 Å². The number of allylic oxidation sites excluding steroid dienone is 2. The van der Waals surface area contributed by atoms with Crippen molar-refractivity contribution < 1.29 is 53.3 Å². The van der Waals surface area contributed by atoms with Gasteiger partial charge in [-0.15, -0.1) is 0 Å². The second-order valence-corrected chi connectivity index (χ2v) is 11.9. The van der Waals surface area contributed by atoms with Gasteiger partial charge in [0.15, 0.2) is 28.4 Å². The van der Waals surface area contributed by atoms with Crippen molar-refractivity contribution in [3.8, 4) is 34.3 Å². The van der Waals surface area contributed by atoms with Crippen LogP contribution in [0.25, 0.3) is 45.4 Å². The number of ether oxygens (including phenoxy) is 4. The van der Waals surface area contributed by atoms with Crippen molar-refractivity contribution in [2.45, 2.75) is 30.7 Å². The number of anilines is 1. The Morgan fingerprint density at radius 1 is 0.840 bits per heavy atom. The van der Waals surface area contributed by atoms with Crippen LogP contribution in [0.1, 0.15) is 11.3 Å². The molecule has 3 heterocycles. The van der Waals surface area contributed by atoms with E-state index in [1.807, 2.05) is 55.4 Å². The molecule has 1 saturated heterocycles. The Morgan fingerprint density at radius 3 is 2.10 bits per heavy atom. The molecule has 5 atom stereocenters. The highest BCUT2D eigenvalue weighted by Crippen LogP contribution is 2.47. The van der Waals surface area contributed by atoms with Crippen LogP contribution in [-0.2, 0) is 4.74 Å². The predicted octanol–water partition coefficient (Wildman–Crippen LogP) is 3.90. The van der Waals surface area contributed by atoms with Crippen LogP contribution < -0.4 is 24.5 Å². The fraction of sp³-hybridized carbons (Fsp3) is 0.270. The third kappa shape index (κ3) is 6.64. The van der Waals surface area contributed by atoms with E-state index >= 15 is 0 Å². The first-order valence-electron chi connectivity index (χ1n) is 15.6. The molecule has 0 aliphatic carbocycles. The van der Waals surface area contributed by atoms with Gasteiger partial charge in [0.25, 0.3) is 0 Å². The second-order valence-electron chi connectivity index (χ2n) is 11.9. The van der Waals surface area contributed by atoms with Crippen molar-refractivity contribution >= 4 is 39.8 Å². The molecule has 0 radical (unpaired) electrons. The number of aliphatic hydroxyl groups is 4. The number of phenols is 1. The summed E-state index contributed by atoms with van der Waals surface area (Å²) in [7, 11) is 6.64. The number of nitrogens with zero attached hydrogens (tertiary/aromatic N) is 1. The van der Waals surface area contributed by atoms with Gasteiger partial charge in [-0.25, -0.2) is 0 Å². The van der Waals surface area contributed by atoms with Crippen molar-refractivity contribution in [3.63, 3.8) is 0 Å². The molecular weight excluding hydrogens is 650 g/mol. The summed E-state index contributed by atoms with van der Waals surface area (Å²) in [5.74, 6) is 0.0804. The Balaban J connectivity index is 1.53. The average molecular weight is 688 g/mol. The molecule has 13 nitrogen and oxygen atoms in total. The Hall–Kier alpha value is -5.31. The summed E-state index contributed by atoms with van der Waals surface area (Å²) < 4.78 is 35.1. The van der Waals surface area contributed by atoms with Crippen molar-refractivity contribution in [1.82, 2.24) is 0 Å². The van der Waals surface area contributed by atoms with E-state index in [1.165, 1.54) is 38.5 Å². The number of aromatic hydroxyl groups is 1. The number of benzene rings is 3. The molecular formula is C37H37NO12. The maximum atomic E-state index is 12.8. The van der Waals surface area contributed by atoms with E-state index in [-0.39, 0.29) is 45.5 Å². The van der Waals surface area contributed by atoms with Crippen LogP contribution in [0, 0.1) is 0 Å². The predicted molar refractivity (Wildman–Crippen MR) is 186 cm³/mol. The zero-order valence-electron chi connectivity index (χ0n) is 27.6. The van der Waals surface area contributed by atoms with Gasteiger partial charge in [-0.05, 0) is 42.0 Å². The summed E-state index contributed by atoms with van der Waals surface area (Å²) in [6.45, 7) is -0.675. The Labute approximate surface area is 286 Å². The third-order valence-electron chi connectivity index (χ3n) is 8.38. The van der Waals surface area contributed by atoms with Crippen molar-refractivity contribution in [2.24, 2.45) is 0 Å². The van der Waals surface area contributed by atoms with Crippen molar-refractivity contribution in [2.75, 3.05) is 39.8 Å². The van der Waals surface area contributed by atoms with Gasteiger partial charge in [0.1, 0.15) is 41.3 Å². The molecule has 5 N–H and O–H groups in total. The topological polar surface area (TPSA) is 185 Å². The van der Waals surface area contributed by atoms with E-state index in [2.05, 4.69) is 0 Å². The maximum absolute atomic E-state index is 12.8. The van der Waals surface area contributed by atoms with E-state index < -0.39 is 42.7 Å². The lowest BCUT2D eigenvalue weighted by Gasteiger charge is -2.39. The SMILES string of the molecule is COc1cc(-c2oc3cc(=O)cc4oc(/C=C/C=C/c5ccc(N(C)C)cc5)cc(c2O[C@@H]2O[C@H](CO)[C@@H](O)[C@H](O)[C@H]2O)c43)cc(OC)c1O. The highest BCUT2D eigenvalue weighted by Gasteiger charge is 2.45. The number of hydrogen-bond donors (Lipinski definition) is 5. The third-order valence-corrected chi connectivity index (χ3v) is 8.38. The fourth-order valence-electron chi connectivity index (χ4n) is 5.72. The van der Waals surface area contributed by atoms with E-state index in [9.17, 15) is 30.3 Å². The highest BCUT2D eigenvalue weighted by molar-refractivity contribution is 6.10. The molecule has 0 unspecified atom stereocenters. The lowest BCUT2D eigenvalue weighted by atomic mass is 9.99. The van der Waals surface area contributed by atoms with Gasteiger partial charge in [0, 0.05) is 42.9 Å². The monoisotopic (exact) mass is 687 g/mol. The van der Waals surface area contributed by atoms with Crippen LogP contribution in [0.4, 0.5) is 5.69 Å². The molecule has 5 aromatic rings. The van der Waals surface area contributed by atoms with Gasteiger partial charge in [0.05, 0.1) is 26.2 Å². The lowest BCUT2D eigenvalue weighted by Crippen LogP contribution is -2.60. The molecule has 262 valence electrons. The summed E-state index contributed by atoms with van der Waals surface area (Å²) in [6.07, 6.45) is -0.766. The number of phenolic OH excluding ortho intramolecular Hbond substituents is 1.